The molecule has 0 aromatic carbocycles. The summed E-state index contributed by atoms with van der Waals surface area (Å²) in [6.07, 6.45) is -0.770. The standard InChI is InChI=1S/C13H19N3O5/c1-6(11-7(2)15-21-8(11)3)14-13(20)16-5-9(17)4-10(16)12(18)19/h6,9-10,17H,4-5H2,1-3H3,(H,14,20)(H,18,19)/t6?,9-,10+/m1/s1. The second kappa shape index (κ2) is 5.72. The van der Waals surface area contributed by atoms with Crippen LogP contribution in [0.25, 0.3) is 0 Å². The molecule has 2 amide bonds. The highest BCUT2D eigenvalue weighted by atomic mass is 16.5. The normalized spacial score (nSPS) is 23.1. The van der Waals surface area contributed by atoms with E-state index in [1.807, 2.05) is 0 Å². The molecule has 0 saturated carbocycles. The fraction of sp³-hybridized carbons (Fsp3) is 0.615. The van der Waals surface area contributed by atoms with Gasteiger partial charge in [-0.2, -0.15) is 0 Å². The molecular weight excluding hydrogens is 278 g/mol. The Kier molecular flexibility index (Phi) is 4.17. The Bertz CT molecular complexity index is 537. The molecule has 1 unspecified atom stereocenters. The molecule has 1 fully saturated rings. The van der Waals surface area contributed by atoms with Crippen molar-refractivity contribution in [3.63, 3.8) is 0 Å². The lowest BCUT2D eigenvalue weighted by atomic mass is 10.1. The number of carboxylic acids is 1. The lowest BCUT2D eigenvalue weighted by Crippen LogP contribution is -2.46. The second-order valence-electron chi connectivity index (χ2n) is 5.30. The van der Waals surface area contributed by atoms with Gasteiger partial charge in [0.1, 0.15) is 11.8 Å². The van der Waals surface area contributed by atoms with Crippen LogP contribution in [0.5, 0.6) is 0 Å². The first-order valence-corrected chi connectivity index (χ1v) is 6.72. The van der Waals surface area contributed by atoms with E-state index in [4.69, 9.17) is 9.63 Å². The lowest BCUT2D eigenvalue weighted by Gasteiger charge is -2.24. The largest absolute Gasteiger partial charge is 0.480 e. The number of hydrogen-bond donors (Lipinski definition) is 3. The number of carbonyl (C=O) groups excluding carboxylic acids is 1. The van der Waals surface area contributed by atoms with Crippen molar-refractivity contribution in [3.05, 3.63) is 17.0 Å². The molecule has 0 aliphatic carbocycles. The predicted molar refractivity (Wildman–Crippen MR) is 71.7 cm³/mol. The Balaban J connectivity index is 2.09. The highest BCUT2D eigenvalue weighted by molar-refractivity contribution is 5.83. The number of nitrogens with zero attached hydrogens (tertiary/aromatic N) is 2. The minimum atomic E-state index is -1.12. The van der Waals surface area contributed by atoms with Crippen LogP contribution in [0.15, 0.2) is 4.52 Å². The molecule has 1 saturated heterocycles. The number of nitrogens with one attached hydrogen (secondary N) is 1. The van der Waals surface area contributed by atoms with Gasteiger partial charge in [0.05, 0.1) is 17.8 Å². The van der Waals surface area contributed by atoms with Crippen molar-refractivity contribution in [2.75, 3.05) is 6.54 Å². The van der Waals surface area contributed by atoms with Crippen molar-refractivity contribution in [3.8, 4) is 0 Å². The topological polar surface area (TPSA) is 116 Å². The first kappa shape index (κ1) is 15.3. The summed E-state index contributed by atoms with van der Waals surface area (Å²) in [4.78, 5) is 24.5. The third-order valence-corrected chi connectivity index (χ3v) is 3.69. The fourth-order valence-electron chi connectivity index (χ4n) is 2.72. The number of β-amino-alcohol motifs (C(OH)–C–C–N with tert-alkyl or cyclic N) is 1. The van der Waals surface area contributed by atoms with E-state index >= 15 is 0 Å². The van der Waals surface area contributed by atoms with Gasteiger partial charge in [0, 0.05) is 18.5 Å². The van der Waals surface area contributed by atoms with Gasteiger partial charge in [-0.05, 0) is 20.8 Å². The van der Waals surface area contributed by atoms with Crippen LogP contribution in [0.4, 0.5) is 4.79 Å². The number of aliphatic carboxylic acids is 1. The van der Waals surface area contributed by atoms with Gasteiger partial charge in [0.2, 0.25) is 0 Å². The van der Waals surface area contributed by atoms with Gasteiger partial charge in [0.25, 0.3) is 0 Å². The van der Waals surface area contributed by atoms with E-state index in [1.165, 1.54) is 0 Å². The average Bonchev–Trinajstić information content (AvgIpc) is 2.93. The maximum Gasteiger partial charge on any atom is 0.326 e. The summed E-state index contributed by atoms with van der Waals surface area (Å²) in [6, 6.07) is -1.89. The van der Waals surface area contributed by atoms with Crippen LogP contribution >= 0.6 is 0 Å². The maximum absolute atomic E-state index is 12.2. The highest BCUT2D eigenvalue weighted by Crippen LogP contribution is 2.23. The van der Waals surface area contributed by atoms with Gasteiger partial charge in [-0.1, -0.05) is 5.16 Å². The molecule has 0 bridgehead atoms. The summed E-state index contributed by atoms with van der Waals surface area (Å²) < 4.78 is 5.05. The predicted octanol–water partition coefficient (Wildman–Crippen LogP) is 0.582. The molecule has 2 rings (SSSR count). The number of aromatic nitrogens is 1. The van der Waals surface area contributed by atoms with Gasteiger partial charge in [0.15, 0.2) is 0 Å². The number of urea groups is 1. The number of aliphatic hydroxyl groups excluding tert-OH is 1. The maximum atomic E-state index is 12.2. The van der Waals surface area contributed by atoms with Crippen LogP contribution < -0.4 is 5.32 Å². The molecule has 3 N–H and O–H groups in total. The molecule has 1 aliphatic heterocycles. The van der Waals surface area contributed by atoms with Crippen LogP contribution in [0, 0.1) is 13.8 Å². The van der Waals surface area contributed by atoms with E-state index < -0.39 is 24.1 Å². The summed E-state index contributed by atoms with van der Waals surface area (Å²) in [5.74, 6) is -0.511. The Labute approximate surface area is 121 Å². The van der Waals surface area contributed by atoms with Gasteiger partial charge in [-0.15, -0.1) is 0 Å². The molecule has 116 valence electrons. The molecule has 1 aromatic heterocycles. The highest BCUT2D eigenvalue weighted by Gasteiger charge is 2.39. The third-order valence-electron chi connectivity index (χ3n) is 3.69. The monoisotopic (exact) mass is 297 g/mol. The molecule has 8 nitrogen and oxygen atoms in total. The Morgan fingerprint density at radius 2 is 2.14 bits per heavy atom. The fourth-order valence-corrected chi connectivity index (χ4v) is 2.72. The minimum Gasteiger partial charge on any atom is -0.480 e. The molecule has 2 heterocycles. The zero-order valence-corrected chi connectivity index (χ0v) is 12.2. The summed E-state index contributed by atoms with van der Waals surface area (Å²) in [6.45, 7) is 5.30. The van der Waals surface area contributed by atoms with Crippen molar-refractivity contribution in [1.29, 1.82) is 0 Å². The summed E-state index contributed by atoms with van der Waals surface area (Å²) >= 11 is 0. The molecule has 8 heteroatoms. The van der Waals surface area contributed by atoms with Gasteiger partial charge in [-0.3, -0.25) is 0 Å². The van der Waals surface area contributed by atoms with E-state index in [0.717, 1.165) is 10.5 Å². The number of amides is 2. The van der Waals surface area contributed by atoms with Crippen LogP contribution in [0.1, 0.15) is 36.4 Å². The third kappa shape index (κ3) is 2.99. The quantitative estimate of drug-likeness (QED) is 0.751. The average molecular weight is 297 g/mol. The van der Waals surface area contributed by atoms with Crippen LogP contribution in [-0.2, 0) is 4.79 Å². The van der Waals surface area contributed by atoms with Crippen molar-refractivity contribution < 1.29 is 24.3 Å². The smallest absolute Gasteiger partial charge is 0.326 e. The Hall–Kier alpha value is -2.09. The zero-order valence-electron chi connectivity index (χ0n) is 12.2. The Morgan fingerprint density at radius 3 is 2.67 bits per heavy atom. The molecule has 1 aromatic rings. The van der Waals surface area contributed by atoms with Crippen molar-refractivity contribution in [1.82, 2.24) is 15.4 Å². The number of likely N-dealkylation sites (tertiary alicyclic amines) is 1. The number of aryl methyl sites for hydroxylation is 2. The van der Waals surface area contributed by atoms with Crippen LogP contribution in [0.2, 0.25) is 0 Å². The van der Waals surface area contributed by atoms with E-state index in [-0.39, 0.29) is 19.0 Å². The lowest BCUT2D eigenvalue weighted by molar-refractivity contribution is -0.141. The SMILES string of the molecule is Cc1noc(C)c1C(C)NC(=O)N1C[C@H](O)C[C@H]1C(=O)O. The second-order valence-corrected chi connectivity index (χ2v) is 5.30. The Morgan fingerprint density at radius 1 is 1.48 bits per heavy atom. The van der Waals surface area contributed by atoms with Crippen LogP contribution in [0.3, 0.4) is 0 Å². The van der Waals surface area contributed by atoms with Crippen molar-refractivity contribution >= 4 is 12.0 Å². The number of carboxylic acid groups (broad SMARTS) is 1. The summed E-state index contributed by atoms with van der Waals surface area (Å²) in [5.41, 5.74) is 1.45. The first-order chi connectivity index (χ1) is 9.81. The summed E-state index contributed by atoms with van der Waals surface area (Å²) in [7, 11) is 0. The van der Waals surface area contributed by atoms with E-state index in [9.17, 15) is 14.7 Å². The van der Waals surface area contributed by atoms with Crippen LogP contribution in [-0.4, -0.2) is 51.0 Å². The van der Waals surface area contributed by atoms with Crippen molar-refractivity contribution in [2.45, 2.75) is 45.4 Å². The van der Waals surface area contributed by atoms with E-state index in [1.54, 1.807) is 20.8 Å². The number of carbonyl (C=O) groups is 2. The van der Waals surface area contributed by atoms with E-state index in [2.05, 4.69) is 10.5 Å². The first-order valence-electron chi connectivity index (χ1n) is 6.72. The molecular formula is C13H19N3O5. The van der Waals surface area contributed by atoms with Gasteiger partial charge >= 0.3 is 12.0 Å². The van der Waals surface area contributed by atoms with Crippen molar-refractivity contribution in [2.24, 2.45) is 0 Å². The van der Waals surface area contributed by atoms with Gasteiger partial charge in [-0.25, -0.2) is 9.59 Å². The van der Waals surface area contributed by atoms with Gasteiger partial charge < -0.3 is 25.0 Å². The zero-order chi connectivity index (χ0) is 15.7. The van der Waals surface area contributed by atoms with E-state index in [0.29, 0.717) is 11.5 Å². The molecule has 3 atom stereocenters. The summed E-state index contributed by atoms with van der Waals surface area (Å²) in [5, 5.41) is 25.2. The molecule has 21 heavy (non-hydrogen) atoms. The number of aliphatic hydroxyl groups is 1. The minimum absolute atomic E-state index is 0.0110. The molecule has 0 radical (unpaired) electrons. The molecule has 0 spiro atoms. The molecule has 1 aliphatic rings. The number of rotatable bonds is 3. The number of hydrogen-bond acceptors (Lipinski definition) is 5.